The zero-order valence-electron chi connectivity index (χ0n) is 28.3. The van der Waals surface area contributed by atoms with E-state index in [0.717, 1.165) is 31.4 Å². The van der Waals surface area contributed by atoms with Crippen molar-refractivity contribution in [3.63, 3.8) is 0 Å². The molecule has 46 heavy (non-hydrogen) atoms. The number of nitrogens with zero attached hydrogens (tertiary/aromatic N) is 5. The normalized spacial score (nSPS) is 20.0. The zero-order chi connectivity index (χ0) is 33.2. The van der Waals surface area contributed by atoms with Crippen LogP contribution in [-0.2, 0) is 11.0 Å². The van der Waals surface area contributed by atoms with E-state index in [2.05, 4.69) is 36.8 Å². The van der Waals surface area contributed by atoms with Gasteiger partial charge in [-0.2, -0.15) is 14.9 Å². The molecule has 3 atom stereocenters. The van der Waals surface area contributed by atoms with E-state index in [0.29, 0.717) is 40.4 Å². The van der Waals surface area contributed by atoms with E-state index in [9.17, 15) is 14.3 Å². The van der Waals surface area contributed by atoms with Gasteiger partial charge in [0.05, 0.1) is 51.2 Å². The van der Waals surface area contributed by atoms with Gasteiger partial charge in [-0.1, -0.05) is 0 Å². The summed E-state index contributed by atoms with van der Waals surface area (Å²) >= 11 is 0. The summed E-state index contributed by atoms with van der Waals surface area (Å²) in [6.45, 7) is 13.4. The summed E-state index contributed by atoms with van der Waals surface area (Å²) in [6, 6.07) is 4.51. The van der Waals surface area contributed by atoms with Gasteiger partial charge in [-0.3, -0.25) is 4.79 Å². The zero-order valence-corrected chi connectivity index (χ0v) is 29.9. The minimum Gasteiger partial charge on any atom is -0.347 e. The first kappa shape index (κ1) is 37.6. The molecule has 0 bridgehead atoms. The fourth-order valence-electron chi connectivity index (χ4n) is 4.92. The summed E-state index contributed by atoms with van der Waals surface area (Å²) in [5, 5.41) is 21.2. The number of nitriles is 2. The first-order valence-corrected chi connectivity index (χ1v) is 17.4. The molecule has 6 rings (SSSR count). The molecule has 4 aliphatic rings. The number of fused-ring (bicyclic) bond motifs is 1. The first-order valence-electron chi connectivity index (χ1n) is 16.3. The second-order valence-corrected chi connectivity index (χ2v) is 17.2. The molecule has 2 aromatic rings. The molecule has 4 N–H and O–H groups in total. The van der Waals surface area contributed by atoms with Gasteiger partial charge in [-0.05, 0) is 118 Å². The maximum Gasteiger partial charge on any atom is 0.255 e. The lowest BCUT2D eigenvalue weighted by Crippen LogP contribution is -2.46. The van der Waals surface area contributed by atoms with E-state index >= 15 is 0 Å². The Kier molecular flexibility index (Phi) is 12.2. The number of nitrogens with two attached hydrogens (primary N) is 1. The van der Waals surface area contributed by atoms with Crippen molar-refractivity contribution in [2.24, 2.45) is 38.7 Å². The van der Waals surface area contributed by atoms with Crippen molar-refractivity contribution in [3.05, 3.63) is 23.7 Å². The number of carbonyl (C=O) groups is 1. The topological polar surface area (TPSA) is 174 Å². The number of hydrogen-bond donors (Lipinski definition) is 3. The standard InChI is InChI=1S/C18H21N5O.C8H14N2.C8H15NOS.ClH/c1-18(2,9-19)15(11-5-6-11)23-17(24)12-7-20-16-14(12)22-13(8-21-16)10-3-4-10;1-8(2,5-9)7(10)6-3-4-6;1-8(2,3)11(10)9-6-7-4-5-7;/h7-8,10-11,15H,3-6H2,1-2H3,(H,20,21)(H,23,24);6-7H,3-4,10H2,1-2H3;6-7H,4-5H2,1-3H3;1H. The van der Waals surface area contributed by atoms with Crippen molar-refractivity contribution in [1.82, 2.24) is 20.3 Å². The fourth-order valence-corrected chi connectivity index (χ4v) is 5.52. The molecule has 2 aromatic heterocycles. The Morgan fingerprint density at radius 2 is 1.61 bits per heavy atom. The lowest BCUT2D eigenvalue weighted by molar-refractivity contribution is 0.0905. The van der Waals surface area contributed by atoms with Crippen LogP contribution in [0.4, 0.5) is 0 Å². The molecule has 12 heteroatoms. The van der Waals surface area contributed by atoms with Gasteiger partial charge in [0.25, 0.3) is 5.91 Å². The second kappa shape index (κ2) is 14.9. The molecular formula is C34H51ClN8O2S. The third kappa shape index (κ3) is 10.3. The summed E-state index contributed by atoms with van der Waals surface area (Å²) in [4.78, 5) is 24.9. The highest BCUT2D eigenvalue weighted by Crippen LogP contribution is 2.41. The highest BCUT2D eigenvalue weighted by Gasteiger charge is 2.43. The van der Waals surface area contributed by atoms with Crippen molar-refractivity contribution < 1.29 is 9.00 Å². The van der Waals surface area contributed by atoms with Gasteiger partial charge < -0.3 is 16.0 Å². The number of amides is 1. The summed E-state index contributed by atoms with van der Waals surface area (Å²) < 4.78 is 15.1. The van der Waals surface area contributed by atoms with Gasteiger partial charge in [-0.15, -0.1) is 12.4 Å². The van der Waals surface area contributed by atoms with Crippen LogP contribution < -0.4 is 11.1 Å². The number of rotatable bonds is 9. The molecule has 0 radical (unpaired) electrons. The lowest BCUT2D eigenvalue weighted by atomic mass is 9.83. The van der Waals surface area contributed by atoms with Crippen LogP contribution in [0.2, 0.25) is 0 Å². The van der Waals surface area contributed by atoms with Crippen molar-refractivity contribution in [2.75, 3.05) is 0 Å². The first-order chi connectivity index (χ1) is 21.1. The predicted molar refractivity (Wildman–Crippen MR) is 186 cm³/mol. The third-order valence-electron chi connectivity index (χ3n) is 8.85. The predicted octanol–water partition coefficient (Wildman–Crippen LogP) is 6.52. The fraction of sp³-hybridized carbons (Fsp3) is 0.706. The number of H-pyrrole nitrogens is 1. The number of nitrogens with one attached hydrogen (secondary N) is 2. The molecule has 10 nitrogen and oxygen atoms in total. The Bertz CT molecular complexity index is 1500. The van der Waals surface area contributed by atoms with Gasteiger partial charge in [0.2, 0.25) is 0 Å². The van der Waals surface area contributed by atoms with Crippen LogP contribution in [0.5, 0.6) is 0 Å². The molecule has 0 aliphatic heterocycles. The Morgan fingerprint density at radius 3 is 2.09 bits per heavy atom. The molecular weight excluding hydrogens is 620 g/mol. The van der Waals surface area contributed by atoms with Gasteiger partial charge in [0.1, 0.15) is 16.5 Å². The molecule has 1 amide bonds. The molecule has 3 unspecified atom stereocenters. The largest absolute Gasteiger partial charge is 0.347 e. The lowest BCUT2D eigenvalue weighted by Gasteiger charge is -2.29. The van der Waals surface area contributed by atoms with Gasteiger partial charge in [-0.25, -0.2) is 14.2 Å². The van der Waals surface area contributed by atoms with E-state index in [1.807, 2.05) is 54.7 Å². The number of aromatic nitrogens is 3. The maximum absolute atomic E-state index is 12.8. The molecule has 0 saturated heterocycles. The Morgan fingerprint density at radius 1 is 1.02 bits per heavy atom. The SMILES string of the molecule is CC(C)(C#N)C(N)C1CC1.CC(C)(C#N)C(NC(=O)c1c[nH]c2ncc(C3CC3)nc12)C1CC1.CC(C)(C)S(=O)N=CC1CC1.Cl. The van der Waals surface area contributed by atoms with Gasteiger partial charge in [0, 0.05) is 24.4 Å². The maximum atomic E-state index is 12.8. The third-order valence-corrected chi connectivity index (χ3v) is 10.2. The van der Waals surface area contributed by atoms with Crippen LogP contribution >= 0.6 is 12.4 Å². The summed E-state index contributed by atoms with van der Waals surface area (Å²) in [7, 11) is -1.05. The Labute approximate surface area is 282 Å². The highest BCUT2D eigenvalue weighted by atomic mass is 35.5. The smallest absolute Gasteiger partial charge is 0.255 e. The summed E-state index contributed by atoms with van der Waals surface area (Å²) in [6.07, 6.45) is 14.6. The van der Waals surface area contributed by atoms with Crippen LogP contribution in [0.3, 0.4) is 0 Å². The number of halogens is 1. The van der Waals surface area contributed by atoms with Crippen LogP contribution in [0, 0.1) is 51.2 Å². The minimum absolute atomic E-state index is 0. The molecule has 4 saturated carbocycles. The Hall–Kier alpha value is -2.86. The minimum atomic E-state index is -1.05. The highest BCUT2D eigenvalue weighted by molar-refractivity contribution is 7.85. The monoisotopic (exact) mass is 670 g/mol. The van der Waals surface area contributed by atoms with Crippen molar-refractivity contribution in [3.8, 4) is 12.1 Å². The summed E-state index contributed by atoms with van der Waals surface area (Å²) in [5.41, 5.74) is 7.66. The van der Waals surface area contributed by atoms with E-state index in [1.54, 1.807) is 12.4 Å². The molecule has 2 heterocycles. The number of carbonyl (C=O) groups excluding carboxylic acids is 1. The van der Waals surface area contributed by atoms with Crippen LogP contribution in [-0.4, -0.2) is 48.1 Å². The average molecular weight is 671 g/mol. The van der Waals surface area contributed by atoms with Crippen LogP contribution in [0.1, 0.15) is 122 Å². The van der Waals surface area contributed by atoms with Crippen LogP contribution in [0.15, 0.2) is 16.8 Å². The summed E-state index contributed by atoms with van der Waals surface area (Å²) in [5.74, 6) is 1.95. The van der Waals surface area contributed by atoms with Crippen molar-refractivity contribution in [2.45, 2.75) is 123 Å². The number of aromatic amines is 1. The van der Waals surface area contributed by atoms with E-state index in [1.165, 1.54) is 25.7 Å². The van der Waals surface area contributed by atoms with E-state index < -0.39 is 16.4 Å². The average Bonchev–Trinajstić information content (AvgIpc) is 3.83. The van der Waals surface area contributed by atoms with Crippen LogP contribution in [0.25, 0.3) is 11.2 Å². The second-order valence-electron chi connectivity index (χ2n) is 15.2. The number of hydrogen-bond acceptors (Lipinski definition) is 7. The quantitative estimate of drug-likeness (QED) is 0.255. The molecule has 4 fully saturated rings. The van der Waals surface area contributed by atoms with E-state index in [4.69, 9.17) is 11.0 Å². The molecule has 4 aliphatic carbocycles. The molecule has 0 aromatic carbocycles. The van der Waals surface area contributed by atoms with E-state index in [-0.39, 0.29) is 40.6 Å². The van der Waals surface area contributed by atoms with Crippen molar-refractivity contribution in [1.29, 1.82) is 10.5 Å². The Balaban J connectivity index is 0.000000218. The molecule has 0 spiro atoms. The van der Waals surface area contributed by atoms with Gasteiger partial charge in [0.15, 0.2) is 5.65 Å². The van der Waals surface area contributed by atoms with Gasteiger partial charge >= 0.3 is 0 Å². The van der Waals surface area contributed by atoms with Crippen molar-refractivity contribution >= 4 is 46.7 Å². The molecule has 252 valence electrons.